The molecule has 1 aliphatic rings. The third-order valence-electron chi connectivity index (χ3n) is 9.57. The summed E-state index contributed by atoms with van der Waals surface area (Å²) in [6.45, 7) is 2.13. The molecule has 12 heteroatoms. The van der Waals surface area contributed by atoms with Crippen LogP contribution in [0.15, 0.2) is 152 Å². The highest BCUT2D eigenvalue weighted by molar-refractivity contribution is 5.89. The number of benzene rings is 5. The Hall–Kier alpha value is -5.89. The molecule has 0 radical (unpaired) electrons. The second-order valence-electron chi connectivity index (χ2n) is 13.9. The molecule has 0 aliphatic carbocycles. The number of nitrogens with one attached hydrogen (secondary N) is 1. The van der Waals surface area contributed by atoms with E-state index in [-0.39, 0.29) is 38.6 Å². The lowest BCUT2D eigenvalue weighted by molar-refractivity contribution is -0.326. The van der Waals surface area contributed by atoms with Crippen molar-refractivity contribution in [2.24, 2.45) is 0 Å². The van der Waals surface area contributed by atoms with Gasteiger partial charge in [-0.3, -0.25) is 0 Å². The van der Waals surface area contributed by atoms with Gasteiger partial charge in [-0.05, 0) is 41.3 Å². The van der Waals surface area contributed by atoms with E-state index in [1.807, 2.05) is 109 Å². The van der Waals surface area contributed by atoms with Crippen molar-refractivity contribution in [3.63, 3.8) is 0 Å². The molecule has 12 nitrogen and oxygen atoms in total. The predicted molar refractivity (Wildman–Crippen MR) is 217 cm³/mol. The summed E-state index contributed by atoms with van der Waals surface area (Å²) < 4.78 is 49.5. The van der Waals surface area contributed by atoms with Gasteiger partial charge < -0.3 is 43.2 Å². The van der Waals surface area contributed by atoms with Crippen molar-refractivity contribution in [3.05, 3.63) is 179 Å². The Morgan fingerprint density at radius 2 is 1.08 bits per heavy atom. The molecule has 6 rings (SSSR count). The fourth-order valence-corrected chi connectivity index (χ4v) is 6.48. The molecule has 1 amide bonds. The molecule has 0 bridgehead atoms. The zero-order valence-electron chi connectivity index (χ0n) is 33.0. The summed E-state index contributed by atoms with van der Waals surface area (Å²) in [5.74, 6) is -1.46. The molecule has 5 aromatic carbocycles. The van der Waals surface area contributed by atoms with Gasteiger partial charge in [0, 0.05) is 0 Å². The van der Waals surface area contributed by atoms with Crippen LogP contribution in [0.5, 0.6) is 0 Å². The summed E-state index contributed by atoms with van der Waals surface area (Å²) in [6, 6.07) is 45.1. The molecule has 59 heavy (non-hydrogen) atoms. The van der Waals surface area contributed by atoms with Crippen LogP contribution in [0.25, 0.3) is 0 Å². The van der Waals surface area contributed by atoms with Crippen LogP contribution < -0.4 is 5.32 Å². The number of carbonyl (C=O) groups excluding carboxylic acids is 3. The van der Waals surface area contributed by atoms with Crippen LogP contribution in [0.2, 0.25) is 0 Å². The van der Waals surface area contributed by atoms with E-state index in [0.29, 0.717) is 0 Å². The topological polar surface area (TPSA) is 137 Å². The molecule has 1 N–H and O–H groups in total. The van der Waals surface area contributed by atoms with Gasteiger partial charge in [0.15, 0.2) is 18.4 Å². The number of hydrogen-bond acceptors (Lipinski definition) is 11. The van der Waals surface area contributed by atoms with Crippen molar-refractivity contribution >= 4 is 18.0 Å². The Morgan fingerprint density at radius 3 is 1.61 bits per heavy atom. The standard InChI is InChI=1S/C47H49NO11/c1-33(40(45(50)52-2)48-47(51)56-31-37-24-14-6-15-25-37)57-46-43(59-44(49)38-26-16-7-17-27-38)42(55-30-36-22-12-5-13-23-36)41(54-29-35-20-10-4-11-21-35)39(58-46)32-53-28-34-18-8-3-9-19-34/h3-27,33,39-43,46H,28-32H2,1-2H3,(H,48,51)/t33-,39?,40+,41-,42?,43?,46-/m1/s1. The molecule has 0 saturated carbocycles. The normalized spacial score (nSPS) is 19.8. The highest BCUT2D eigenvalue weighted by atomic mass is 16.7. The fourth-order valence-electron chi connectivity index (χ4n) is 6.48. The quantitative estimate of drug-likeness (QED) is 0.0671. The van der Waals surface area contributed by atoms with Gasteiger partial charge in [0.25, 0.3) is 0 Å². The zero-order chi connectivity index (χ0) is 41.2. The number of amides is 1. The Balaban J connectivity index is 1.32. The molecular weight excluding hydrogens is 755 g/mol. The number of ether oxygens (including phenoxy) is 8. The van der Waals surface area contributed by atoms with Gasteiger partial charge in [-0.1, -0.05) is 140 Å². The van der Waals surface area contributed by atoms with Crippen molar-refractivity contribution in [1.29, 1.82) is 0 Å². The maximum absolute atomic E-state index is 13.9. The van der Waals surface area contributed by atoms with Crippen LogP contribution in [-0.2, 0) is 69.1 Å². The minimum atomic E-state index is -1.37. The summed E-state index contributed by atoms with van der Waals surface area (Å²) in [6.07, 6.45) is -7.31. The average Bonchev–Trinajstić information content (AvgIpc) is 3.28. The van der Waals surface area contributed by atoms with Crippen molar-refractivity contribution in [3.8, 4) is 0 Å². The van der Waals surface area contributed by atoms with Crippen LogP contribution in [0.3, 0.4) is 0 Å². The number of methoxy groups -OCH3 is 1. The molecule has 7 atom stereocenters. The first kappa shape index (κ1) is 42.7. The molecule has 1 heterocycles. The van der Waals surface area contributed by atoms with Crippen LogP contribution in [0.1, 0.15) is 39.5 Å². The lowest BCUT2D eigenvalue weighted by atomic mass is 9.97. The molecule has 1 aliphatic heterocycles. The van der Waals surface area contributed by atoms with Crippen LogP contribution >= 0.6 is 0 Å². The predicted octanol–water partition coefficient (Wildman–Crippen LogP) is 7.20. The highest BCUT2D eigenvalue weighted by Gasteiger charge is 2.51. The number of rotatable bonds is 19. The largest absolute Gasteiger partial charge is 0.467 e. The van der Waals surface area contributed by atoms with Crippen molar-refractivity contribution in [1.82, 2.24) is 5.32 Å². The second kappa shape index (κ2) is 22.3. The summed E-state index contributed by atoms with van der Waals surface area (Å²) in [5, 5.41) is 2.57. The summed E-state index contributed by atoms with van der Waals surface area (Å²) in [4.78, 5) is 40.2. The van der Waals surface area contributed by atoms with E-state index in [4.69, 9.17) is 37.9 Å². The molecule has 1 saturated heterocycles. The Morgan fingerprint density at radius 1 is 0.610 bits per heavy atom. The first-order chi connectivity index (χ1) is 28.9. The van der Waals surface area contributed by atoms with E-state index in [1.54, 1.807) is 49.4 Å². The molecule has 308 valence electrons. The number of alkyl carbamates (subject to hydrolysis) is 1. The Kier molecular flexibility index (Phi) is 16.2. The van der Waals surface area contributed by atoms with Gasteiger partial charge in [-0.25, -0.2) is 14.4 Å². The first-order valence-electron chi connectivity index (χ1n) is 19.4. The third kappa shape index (κ3) is 12.8. The number of carbonyl (C=O) groups is 3. The molecule has 3 unspecified atom stereocenters. The summed E-state index contributed by atoms with van der Waals surface area (Å²) in [5.41, 5.74) is 3.75. The monoisotopic (exact) mass is 803 g/mol. The molecule has 0 spiro atoms. The van der Waals surface area contributed by atoms with Crippen LogP contribution in [0.4, 0.5) is 4.79 Å². The number of hydrogen-bond donors (Lipinski definition) is 1. The Labute approximate surface area is 344 Å². The van der Waals surface area contributed by atoms with Crippen molar-refractivity contribution < 1.29 is 52.3 Å². The van der Waals surface area contributed by atoms with E-state index in [9.17, 15) is 14.4 Å². The van der Waals surface area contributed by atoms with E-state index in [0.717, 1.165) is 22.3 Å². The van der Waals surface area contributed by atoms with E-state index in [2.05, 4.69) is 5.32 Å². The smallest absolute Gasteiger partial charge is 0.408 e. The zero-order valence-corrected chi connectivity index (χ0v) is 33.0. The van der Waals surface area contributed by atoms with Crippen molar-refractivity contribution in [2.45, 2.75) is 76.2 Å². The Bertz CT molecular complexity index is 2010. The maximum Gasteiger partial charge on any atom is 0.408 e. The highest BCUT2D eigenvalue weighted by Crippen LogP contribution is 2.32. The van der Waals surface area contributed by atoms with Gasteiger partial charge in [0.1, 0.15) is 24.9 Å². The first-order valence-corrected chi connectivity index (χ1v) is 19.4. The van der Waals surface area contributed by atoms with E-state index < -0.39 is 60.9 Å². The lowest BCUT2D eigenvalue weighted by Gasteiger charge is -2.46. The van der Waals surface area contributed by atoms with E-state index >= 15 is 0 Å². The number of esters is 2. The molecular formula is C47H49NO11. The van der Waals surface area contributed by atoms with Gasteiger partial charge in [-0.15, -0.1) is 0 Å². The maximum atomic E-state index is 13.9. The van der Waals surface area contributed by atoms with Crippen LogP contribution in [0, 0.1) is 0 Å². The van der Waals surface area contributed by atoms with Gasteiger partial charge >= 0.3 is 18.0 Å². The van der Waals surface area contributed by atoms with Crippen molar-refractivity contribution in [2.75, 3.05) is 13.7 Å². The third-order valence-corrected chi connectivity index (χ3v) is 9.57. The van der Waals surface area contributed by atoms with Gasteiger partial charge in [-0.2, -0.15) is 0 Å². The second-order valence-corrected chi connectivity index (χ2v) is 13.9. The van der Waals surface area contributed by atoms with Crippen LogP contribution in [-0.4, -0.2) is 74.6 Å². The molecule has 0 aromatic heterocycles. The lowest BCUT2D eigenvalue weighted by Crippen LogP contribution is -2.63. The summed E-state index contributed by atoms with van der Waals surface area (Å²) in [7, 11) is 1.20. The van der Waals surface area contributed by atoms with E-state index in [1.165, 1.54) is 7.11 Å². The van der Waals surface area contributed by atoms with Gasteiger partial charge in [0.05, 0.1) is 45.2 Å². The summed E-state index contributed by atoms with van der Waals surface area (Å²) >= 11 is 0. The minimum Gasteiger partial charge on any atom is -0.467 e. The minimum absolute atomic E-state index is 0.0254. The SMILES string of the molecule is COC(=O)[C@@H](NC(=O)OCc1ccccc1)[C@@H](C)O[C@@H]1OC(COCc2ccccc2)[C@@H](OCc2ccccc2)C(OCc2ccccc2)C1OC(=O)c1ccccc1. The average molecular weight is 804 g/mol. The fraction of sp³-hybridized carbons (Fsp3) is 0.298. The molecule has 5 aromatic rings. The van der Waals surface area contributed by atoms with Gasteiger partial charge in [0.2, 0.25) is 0 Å². The molecule has 1 fully saturated rings.